The molecule has 0 bridgehead atoms. The SMILES string of the molecule is O=C(CCn1ccnc1)Nc1cccc(C(=O)NC2CCCN(Cc3ccccc3)C2)c1. The van der Waals surface area contributed by atoms with Crippen molar-refractivity contribution in [2.75, 3.05) is 18.4 Å². The maximum absolute atomic E-state index is 12.8. The first-order valence-corrected chi connectivity index (χ1v) is 11.1. The molecule has 166 valence electrons. The second kappa shape index (κ2) is 10.7. The van der Waals surface area contributed by atoms with E-state index in [0.717, 1.165) is 32.5 Å². The summed E-state index contributed by atoms with van der Waals surface area (Å²) in [5.74, 6) is -0.203. The number of amides is 2. The molecule has 2 heterocycles. The van der Waals surface area contributed by atoms with E-state index in [0.29, 0.717) is 24.2 Å². The molecule has 4 rings (SSSR count). The molecule has 1 aliphatic rings. The summed E-state index contributed by atoms with van der Waals surface area (Å²) >= 11 is 0. The number of carbonyl (C=O) groups excluding carboxylic acids is 2. The topological polar surface area (TPSA) is 79.3 Å². The number of piperidine rings is 1. The van der Waals surface area contributed by atoms with E-state index in [2.05, 4.69) is 44.8 Å². The third-order valence-electron chi connectivity index (χ3n) is 5.65. The van der Waals surface area contributed by atoms with E-state index in [1.54, 1.807) is 36.8 Å². The second-order valence-electron chi connectivity index (χ2n) is 8.21. The van der Waals surface area contributed by atoms with Gasteiger partial charge in [0.2, 0.25) is 5.91 Å². The third-order valence-corrected chi connectivity index (χ3v) is 5.65. The summed E-state index contributed by atoms with van der Waals surface area (Å²) in [6, 6.07) is 17.6. The molecule has 0 saturated carbocycles. The first kappa shape index (κ1) is 21.8. The fraction of sp³-hybridized carbons (Fsp3) is 0.320. The van der Waals surface area contributed by atoms with Crippen molar-refractivity contribution in [3.63, 3.8) is 0 Å². The van der Waals surface area contributed by atoms with Crippen LogP contribution < -0.4 is 10.6 Å². The first-order valence-electron chi connectivity index (χ1n) is 11.1. The van der Waals surface area contributed by atoms with Crippen molar-refractivity contribution in [2.45, 2.75) is 38.4 Å². The first-order chi connectivity index (χ1) is 15.7. The molecular formula is C25H29N5O2. The van der Waals surface area contributed by atoms with Crippen LogP contribution in [0.1, 0.15) is 35.2 Å². The van der Waals surface area contributed by atoms with Crippen LogP contribution >= 0.6 is 0 Å². The van der Waals surface area contributed by atoms with Crippen molar-refractivity contribution in [2.24, 2.45) is 0 Å². The Balaban J connectivity index is 1.28. The van der Waals surface area contributed by atoms with Crippen LogP contribution in [0, 0.1) is 0 Å². The highest BCUT2D eigenvalue weighted by Gasteiger charge is 2.22. The Morgan fingerprint density at radius 2 is 1.97 bits per heavy atom. The molecule has 7 nitrogen and oxygen atoms in total. The molecule has 0 radical (unpaired) electrons. The van der Waals surface area contributed by atoms with E-state index in [1.165, 1.54) is 5.56 Å². The van der Waals surface area contributed by atoms with E-state index in [-0.39, 0.29) is 17.9 Å². The van der Waals surface area contributed by atoms with Crippen LogP contribution in [0.15, 0.2) is 73.3 Å². The summed E-state index contributed by atoms with van der Waals surface area (Å²) in [4.78, 5) is 31.4. The highest BCUT2D eigenvalue weighted by Crippen LogP contribution is 2.16. The molecule has 32 heavy (non-hydrogen) atoms. The second-order valence-corrected chi connectivity index (χ2v) is 8.21. The standard InChI is InChI=1S/C25H29N5O2/c31-24(11-14-29-15-12-26-19-29)27-22-9-4-8-21(16-22)25(32)28-23-10-5-13-30(18-23)17-20-6-2-1-3-7-20/h1-4,6-9,12,15-16,19,23H,5,10-11,13-14,17-18H2,(H,27,31)(H,28,32). The minimum atomic E-state index is -0.105. The molecule has 1 fully saturated rings. The molecule has 1 aliphatic heterocycles. The minimum absolute atomic E-state index is 0.0971. The number of rotatable bonds is 8. The summed E-state index contributed by atoms with van der Waals surface area (Å²) in [5, 5.41) is 6.05. The van der Waals surface area contributed by atoms with Gasteiger partial charge in [-0.25, -0.2) is 4.98 Å². The number of hydrogen-bond acceptors (Lipinski definition) is 4. The zero-order valence-electron chi connectivity index (χ0n) is 18.1. The zero-order valence-corrected chi connectivity index (χ0v) is 18.1. The molecule has 1 atom stereocenters. The molecule has 1 unspecified atom stereocenters. The van der Waals surface area contributed by atoms with Crippen molar-refractivity contribution in [3.8, 4) is 0 Å². The van der Waals surface area contributed by atoms with Crippen LogP contribution in [0.3, 0.4) is 0 Å². The summed E-state index contributed by atoms with van der Waals surface area (Å²) < 4.78 is 1.86. The number of nitrogens with zero attached hydrogens (tertiary/aromatic N) is 3. The lowest BCUT2D eigenvalue weighted by atomic mass is 10.0. The van der Waals surface area contributed by atoms with Gasteiger partial charge in [-0.2, -0.15) is 0 Å². The van der Waals surface area contributed by atoms with Gasteiger partial charge >= 0.3 is 0 Å². The molecule has 1 aromatic heterocycles. The lowest BCUT2D eigenvalue weighted by Crippen LogP contribution is -2.47. The van der Waals surface area contributed by atoms with Crippen LogP contribution in [-0.4, -0.2) is 45.4 Å². The van der Waals surface area contributed by atoms with Gasteiger partial charge in [0.05, 0.1) is 6.33 Å². The summed E-state index contributed by atoms with van der Waals surface area (Å²) in [6.07, 6.45) is 7.57. The number of aryl methyl sites for hydroxylation is 1. The Morgan fingerprint density at radius 3 is 2.78 bits per heavy atom. The monoisotopic (exact) mass is 431 g/mol. The molecule has 0 spiro atoms. The zero-order chi connectivity index (χ0) is 22.2. The van der Waals surface area contributed by atoms with Crippen molar-refractivity contribution in [3.05, 3.63) is 84.4 Å². The highest BCUT2D eigenvalue weighted by atomic mass is 16.2. The molecular weight excluding hydrogens is 402 g/mol. The lowest BCUT2D eigenvalue weighted by Gasteiger charge is -2.33. The quantitative estimate of drug-likeness (QED) is 0.574. The van der Waals surface area contributed by atoms with Crippen LogP contribution in [0.4, 0.5) is 5.69 Å². The van der Waals surface area contributed by atoms with Gasteiger partial charge in [0.25, 0.3) is 5.91 Å². The fourth-order valence-electron chi connectivity index (χ4n) is 4.04. The van der Waals surface area contributed by atoms with E-state index in [1.807, 2.05) is 16.8 Å². The van der Waals surface area contributed by atoms with Crippen molar-refractivity contribution < 1.29 is 9.59 Å². The van der Waals surface area contributed by atoms with Crippen LogP contribution in [0.5, 0.6) is 0 Å². The van der Waals surface area contributed by atoms with Crippen LogP contribution in [0.2, 0.25) is 0 Å². The van der Waals surface area contributed by atoms with Gasteiger partial charge in [0.15, 0.2) is 0 Å². The van der Waals surface area contributed by atoms with Gasteiger partial charge in [-0.1, -0.05) is 36.4 Å². The average molecular weight is 432 g/mol. The number of imidazole rings is 1. The van der Waals surface area contributed by atoms with Crippen molar-refractivity contribution in [1.82, 2.24) is 19.8 Å². The number of carbonyl (C=O) groups is 2. The molecule has 2 amide bonds. The molecule has 1 saturated heterocycles. The Morgan fingerprint density at radius 1 is 1.09 bits per heavy atom. The molecule has 0 aliphatic carbocycles. The number of nitrogens with one attached hydrogen (secondary N) is 2. The number of benzene rings is 2. The highest BCUT2D eigenvalue weighted by molar-refractivity contribution is 5.97. The smallest absolute Gasteiger partial charge is 0.251 e. The number of aromatic nitrogens is 2. The maximum Gasteiger partial charge on any atom is 0.251 e. The summed E-state index contributed by atoms with van der Waals surface area (Å²) in [6.45, 7) is 3.34. The molecule has 2 N–H and O–H groups in total. The van der Waals surface area contributed by atoms with Gasteiger partial charge in [0.1, 0.15) is 0 Å². The largest absolute Gasteiger partial charge is 0.348 e. The van der Waals surface area contributed by atoms with E-state index in [9.17, 15) is 9.59 Å². The van der Waals surface area contributed by atoms with Gasteiger partial charge in [-0.3, -0.25) is 14.5 Å². The Hall–Kier alpha value is -3.45. The van der Waals surface area contributed by atoms with Crippen LogP contribution in [0.25, 0.3) is 0 Å². The van der Waals surface area contributed by atoms with Crippen molar-refractivity contribution in [1.29, 1.82) is 0 Å². The Kier molecular flexibility index (Phi) is 7.30. The molecule has 2 aromatic carbocycles. The normalized spacial score (nSPS) is 16.4. The van der Waals surface area contributed by atoms with Gasteiger partial charge in [-0.05, 0) is 43.1 Å². The van der Waals surface area contributed by atoms with E-state index < -0.39 is 0 Å². The third kappa shape index (κ3) is 6.28. The minimum Gasteiger partial charge on any atom is -0.348 e. The van der Waals surface area contributed by atoms with E-state index >= 15 is 0 Å². The predicted octanol–water partition coefficient (Wildman–Crippen LogP) is 3.31. The number of hydrogen-bond donors (Lipinski definition) is 2. The average Bonchev–Trinajstić information content (AvgIpc) is 3.33. The number of anilines is 1. The summed E-state index contributed by atoms with van der Waals surface area (Å²) in [5.41, 5.74) is 2.47. The van der Waals surface area contributed by atoms with Gasteiger partial charge in [0, 0.05) is 55.7 Å². The fourth-order valence-corrected chi connectivity index (χ4v) is 4.04. The van der Waals surface area contributed by atoms with E-state index in [4.69, 9.17) is 0 Å². The van der Waals surface area contributed by atoms with Crippen LogP contribution in [-0.2, 0) is 17.9 Å². The lowest BCUT2D eigenvalue weighted by molar-refractivity contribution is -0.116. The van der Waals surface area contributed by atoms with Crippen molar-refractivity contribution >= 4 is 17.5 Å². The Labute approximate surface area is 188 Å². The predicted molar refractivity (Wildman–Crippen MR) is 124 cm³/mol. The molecule has 3 aromatic rings. The Bertz CT molecular complexity index is 1020. The number of likely N-dealkylation sites (tertiary alicyclic amines) is 1. The molecule has 7 heteroatoms. The van der Waals surface area contributed by atoms with Gasteiger partial charge < -0.3 is 15.2 Å². The summed E-state index contributed by atoms with van der Waals surface area (Å²) in [7, 11) is 0. The van der Waals surface area contributed by atoms with Gasteiger partial charge in [-0.15, -0.1) is 0 Å². The maximum atomic E-state index is 12.8.